The summed E-state index contributed by atoms with van der Waals surface area (Å²) in [6, 6.07) is 9.16. The largest absolute Gasteiger partial charge is 0.396 e. The predicted molar refractivity (Wildman–Crippen MR) is 93.7 cm³/mol. The van der Waals surface area contributed by atoms with Gasteiger partial charge in [0.05, 0.1) is 0 Å². The van der Waals surface area contributed by atoms with Gasteiger partial charge in [0.2, 0.25) is 0 Å². The van der Waals surface area contributed by atoms with Gasteiger partial charge in [-0.2, -0.15) is 11.8 Å². The molecule has 2 unspecified atom stereocenters. The Balaban J connectivity index is 2.04. The zero-order chi connectivity index (χ0) is 15.9. The van der Waals surface area contributed by atoms with E-state index in [1.54, 1.807) is 11.8 Å². The Morgan fingerprint density at radius 2 is 2.05 bits per heavy atom. The number of thioether (sulfide) groups is 1. The average Bonchev–Trinajstić information content (AvgIpc) is 2.94. The molecular formula is C17H25N3OS. The third-order valence-electron chi connectivity index (χ3n) is 3.83. The zero-order valence-electron chi connectivity index (χ0n) is 13.5. The molecule has 0 bridgehead atoms. The molecule has 2 aromatic rings. The summed E-state index contributed by atoms with van der Waals surface area (Å²) < 4.78 is 2.07. The van der Waals surface area contributed by atoms with Crippen molar-refractivity contribution in [3.8, 4) is 5.69 Å². The fraction of sp³-hybridized carbons (Fsp3) is 0.471. The minimum absolute atomic E-state index is 0.226. The number of aryl methyl sites for hydroxylation is 1. The first-order valence-electron chi connectivity index (χ1n) is 7.61. The van der Waals surface area contributed by atoms with Gasteiger partial charge in [-0.15, -0.1) is 0 Å². The smallest absolute Gasteiger partial charge is 0.110 e. The van der Waals surface area contributed by atoms with E-state index in [2.05, 4.69) is 52.3 Å². The van der Waals surface area contributed by atoms with Crippen LogP contribution in [0.5, 0.6) is 0 Å². The molecule has 22 heavy (non-hydrogen) atoms. The van der Waals surface area contributed by atoms with Crippen LogP contribution in [0.3, 0.4) is 0 Å². The highest BCUT2D eigenvalue weighted by Gasteiger charge is 2.13. The molecular weight excluding hydrogens is 294 g/mol. The van der Waals surface area contributed by atoms with Crippen LogP contribution in [0.2, 0.25) is 0 Å². The quantitative estimate of drug-likeness (QED) is 0.785. The summed E-state index contributed by atoms with van der Waals surface area (Å²) >= 11 is 1.81. The average molecular weight is 319 g/mol. The highest BCUT2D eigenvalue weighted by atomic mass is 32.2. The maximum Gasteiger partial charge on any atom is 0.110 e. The van der Waals surface area contributed by atoms with E-state index in [1.807, 2.05) is 19.3 Å². The minimum atomic E-state index is 0.226. The molecule has 0 aliphatic carbocycles. The molecule has 2 atom stereocenters. The molecule has 0 spiro atoms. The fourth-order valence-corrected chi connectivity index (χ4v) is 3.26. The molecule has 1 aromatic heterocycles. The number of hydrogen-bond acceptors (Lipinski definition) is 4. The third-order valence-corrected chi connectivity index (χ3v) is 4.56. The van der Waals surface area contributed by atoms with Gasteiger partial charge in [-0.1, -0.05) is 12.1 Å². The molecule has 5 heteroatoms. The third kappa shape index (κ3) is 4.35. The molecule has 1 aromatic carbocycles. The van der Waals surface area contributed by atoms with Crippen LogP contribution >= 0.6 is 11.8 Å². The molecule has 0 fully saturated rings. The normalized spacial score (nSPS) is 14.0. The van der Waals surface area contributed by atoms with Crippen LogP contribution in [0.15, 0.2) is 36.7 Å². The van der Waals surface area contributed by atoms with Crippen LogP contribution < -0.4 is 5.32 Å². The molecule has 0 saturated heterocycles. The van der Waals surface area contributed by atoms with Crippen LogP contribution in [0.25, 0.3) is 5.69 Å². The molecule has 0 aliphatic heterocycles. The summed E-state index contributed by atoms with van der Waals surface area (Å²) in [5.41, 5.74) is 2.38. The van der Waals surface area contributed by atoms with Crippen LogP contribution in [0.4, 0.5) is 0 Å². The van der Waals surface area contributed by atoms with Crippen molar-refractivity contribution in [1.82, 2.24) is 14.9 Å². The Hall–Kier alpha value is -1.30. The van der Waals surface area contributed by atoms with Gasteiger partial charge in [-0.3, -0.25) is 0 Å². The van der Waals surface area contributed by atoms with Gasteiger partial charge in [0, 0.05) is 42.5 Å². The maximum absolute atomic E-state index is 9.16. The second kappa shape index (κ2) is 8.36. The SMILES string of the molecule is CSCC(CCO)NC(C)c1ccc(-n2ccnc2C)cc1. The topological polar surface area (TPSA) is 50.1 Å². The number of aromatic nitrogens is 2. The lowest BCUT2D eigenvalue weighted by atomic mass is 10.1. The van der Waals surface area contributed by atoms with Gasteiger partial charge < -0.3 is 15.0 Å². The van der Waals surface area contributed by atoms with Crippen molar-refractivity contribution in [2.24, 2.45) is 0 Å². The summed E-state index contributed by atoms with van der Waals surface area (Å²) in [6.45, 7) is 4.39. The van der Waals surface area contributed by atoms with E-state index in [-0.39, 0.29) is 12.6 Å². The number of imidazole rings is 1. The van der Waals surface area contributed by atoms with E-state index < -0.39 is 0 Å². The predicted octanol–water partition coefficient (Wildman–Crippen LogP) is 2.95. The Kier molecular flexibility index (Phi) is 6.49. The number of aliphatic hydroxyl groups is 1. The zero-order valence-corrected chi connectivity index (χ0v) is 14.3. The highest BCUT2D eigenvalue weighted by Crippen LogP contribution is 2.18. The fourth-order valence-electron chi connectivity index (χ4n) is 2.60. The highest BCUT2D eigenvalue weighted by molar-refractivity contribution is 7.98. The summed E-state index contributed by atoms with van der Waals surface area (Å²) in [7, 11) is 0. The molecule has 0 amide bonds. The number of aliphatic hydroxyl groups excluding tert-OH is 1. The lowest BCUT2D eigenvalue weighted by Gasteiger charge is -2.22. The van der Waals surface area contributed by atoms with Crippen molar-refractivity contribution in [1.29, 1.82) is 0 Å². The van der Waals surface area contributed by atoms with Gasteiger partial charge in [0.15, 0.2) is 0 Å². The molecule has 0 saturated carbocycles. The van der Waals surface area contributed by atoms with E-state index in [9.17, 15) is 0 Å². The standard InChI is InChI=1S/C17H25N3OS/c1-13(19-16(8-11-21)12-22-3)15-4-6-17(7-5-15)20-10-9-18-14(20)2/h4-7,9-10,13,16,19,21H,8,11-12H2,1-3H3. The van der Waals surface area contributed by atoms with E-state index >= 15 is 0 Å². The van der Waals surface area contributed by atoms with Crippen molar-refractivity contribution < 1.29 is 5.11 Å². The van der Waals surface area contributed by atoms with Crippen molar-refractivity contribution in [2.45, 2.75) is 32.4 Å². The first-order valence-corrected chi connectivity index (χ1v) is 9.01. The molecule has 1 heterocycles. The summed E-state index contributed by atoms with van der Waals surface area (Å²) in [5.74, 6) is 2.00. The lowest BCUT2D eigenvalue weighted by Crippen LogP contribution is -2.34. The van der Waals surface area contributed by atoms with Crippen molar-refractivity contribution in [3.63, 3.8) is 0 Å². The van der Waals surface area contributed by atoms with Gasteiger partial charge in [-0.25, -0.2) is 4.98 Å². The van der Waals surface area contributed by atoms with E-state index in [1.165, 1.54) is 5.56 Å². The van der Waals surface area contributed by atoms with Crippen LogP contribution in [0, 0.1) is 6.92 Å². The van der Waals surface area contributed by atoms with Gasteiger partial charge in [0.1, 0.15) is 5.82 Å². The molecule has 2 N–H and O–H groups in total. The van der Waals surface area contributed by atoms with Gasteiger partial charge in [0.25, 0.3) is 0 Å². The van der Waals surface area contributed by atoms with E-state index in [0.717, 1.165) is 23.7 Å². The Bertz CT molecular complexity index is 562. The summed E-state index contributed by atoms with van der Waals surface area (Å²) in [6.07, 6.45) is 6.67. The van der Waals surface area contributed by atoms with E-state index in [4.69, 9.17) is 5.11 Å². The molecule has 2 rings (SSSR count). The Morgan fingerprint density at radius 3 is 2.59 bits per heavy atom. The van der Waals surface area contributed by atoms with Crippen LogP contribution in [-0.4, -0.2) is 39.3 Å². The number of nitrogens with zero attached hydrogens (tertiary/aromatic N) is 2. The van der Waals surface area contributed by atoms with Gasteiger partial charge in [-0.05, 0) is 44.2 Å². The molecule has 0 aliphatic rings. The number of benzene rings is 1. The lowest BCUT2D eigenvalue weighted by molar-refractivity contribution is 0.265. The monoisotopic (exact) mass is 319 g/mol. The second-order valence-corrected chi connectivity index (χ2v) is 6.40. The van der Waals surface area contributed by atoms with Crippen LogP contribution in [-0.2, 0) is 0 Å². The number of hydrogen-bond donors (Lipinski definition) is 2. The van der Waals surface area contributed by atoms with Crippen LogP contribution in [0.1, 0.15) is 30.8 Å². The Morgan fingerprint density at radius 1 is 1.32 bits per heavy atom. The first kappa shape index (κ1) is 17.1. The maximum atomic E-state index is 9.16. The molecule has 0 radical (unpaired) electrons. The van der Waals surface area contributed by atoms with Crippen molar-refractivity contribution in [2.75, 3.05) is 18.6 Å². The number of rotatable bonds is 8. The second-order valence-electron chi connectivity index (χ2n) is 5.49. The Labute approximate surface area is 137 Å². The van der Waals surface area contributed by atoms with Crippen molar-refractivity contribution >= 4 is 11.8 Å². The van der Waals surface area contributed by atoms with E-state index in [0.29, 0.717) is 6.04 Å². The summed E-state index contributed by atoms with van der Waals surface area (Å²) in [5, 5.41) is 12.8. The summed E-state index contributed by atoms with van der Waals surface area (Å²) in [4.78, 5) is 4.26. The minimum Gasteiger partial charge on any atom is -0.396 e. The van der Waals surface area contributed by atoms with Crippen molar-refractivity contribution in [3.05, 3.63) is 48.0 Å². The first-order chi connectivity index (χ1) is 10.7. The number of nitrogens with one attached hydrogen (secondary N) is 1. The van der Waals surface area contributed by atoms with Gasteiger partial charge >= 0.3 is 0 Å². The molecule has 4 nitrogen and oxygen atoms in total. The molecule has 120 valence electrons.